The van der Waals surface area contributed by atoms with Crippen LogP contribution >= 0.6 is 0 Å². The van der Waals surface area contributed by atoms with Crippen LogP contribution in [0.4, 0.5) is 4.39 Å². The van der Waals surface area contributed by atoms with Crippen LogP contribution in [-0.2, 0) is 33.0 Å². The number of hydrogen-bond donors (Lipinski definition) is 3. The van der Waals surface area contributed by atoms with E-state index in [4.69, 9.17) is 4.74 Å². The molecule has 1 saturated carbocycles. The molecule has 3 N–H and O–H groups in total. The summed E-state index contributed by atoms with van der Waals surface area (Å²) in [6, 6.07) is 4.41. The third kappa shape index (κ3) is 5.19. The summed E-state index contributed by atoms with van der Waals surface area (Å²) in [5.41, 5.74) is -1.88. The third-order valence-electron chi connectivity index (χ3n) is 8.59. The van der Waals surface area contributed by atoms with E-state index in [1.807, 2.05) is 0 Å². The molecule has 6 rings (SSSR count). The van der Waals surface area contributed by atoms with Crippen LogP contribution in [0.1, 0.15) is 53.1 Å². The van der Waals surface area contributed by atoms with E-state index in [1.165, 1.54) is 30.8 Å². The predicted octanol–water partition coefficient (Wildman–Crippen LogP) is 0.385. The Bertz CT molecular complexity index is 1440. The summed E-state index contributed by atoms with van der Waals surface area (Å²) in [6.45, 7) is 4.28. The molecule has 0 unspecified atom stereocenters. The van der Waals surface area contributed by atoms with Crippen LogP contribution in [0.3, 0.4) is 0 Å². The maximum Gasteiger partial charge on any atom is 0.311 e. The molecule has 41 heavy (non-hydrogen) atoms. The minimum Gasteiger partial charge on any atom is -0.501 e. The summed E-state index contributed by atoms with van der Waals surface area (Å²) in [6.07, 6.45) is 1.95. The smallest absolute Gasteiger partial charge is 0.311 e. The molecule has 2 aromatic rings. The van der Waals surface area contributed by atoms with Gasteiger partial charge < -0.3 is 25.4 Å². The van der Waals surface area contributed by atoms with E-state index in [2.05, 4.69) is 20.5 Å². The van der Waals surface area contributed by atoms with Gasteiger partial charge in [0.1, 0.15) is 11.6 Å². The molecular weight excluding hydrogens is 535 g/mol. The lowest BCUT2D eigenvalue weighted by Crippen LogP contribution is -2.59. The lowest BCUT2D eigenvalue weighted by molar-refractivity contribution is -0.145. The van der Waals surface area contributed by atoms with Crippen molar-refractivity contribution >= 4 is 17.7 Å². The molecule has 1 aliphatic carbocycles. The van der Waals surface area contributed by atoms with Gasteiger partial charge in [-0.1, -0.05) is 12.1 Å². The van der Waals surface area contributed by atoms with Crippen LogP contribution in [0.25, 0.3) is 0 Å². The number of halogens is 1. The zero-order chi connectivity index (χ0) is 29.5. The van der Waals surface area contributed by atoms with Gasteiger partial charge >= 0.3 is 11.8 Å². The molecule has 3 aliphatic heterocycles. The van der Waals surface area contributed by atoms with Crippen LogP contribution < -0.4 is 16.2 Å². The number of aromatic hydroxyl groups is 1. The molecule has 220 valence electrons. The van der Waals surface area contributed by atoms with Gasteiger partial charge in [-0.2, -0.15) is 0 Å². The Morgan fingerprint density at radius 1 is 1.15 bits per heavy atom. The van der Waals surface area contributed by atoms with Gasteiger partial charge in [0.25, 0.3) is 11.5 Å². The standard InChI is InChI=1S/C28H35FN6O6/c1-17-14-18(4-5-19(17)29)15-30-22(37)20-21(36)24(39)35-16-27(34-10-12-41-13-11-34)6-8-28(9-7-27,26(35)31-20)32-23(38)25(40)33(2)3/h4-5,14,36H,6-13,15-16H2,1-3H3,(H,30,37)(H,32,38). The predicted molar refractivity (Wildman–Crippen MR) is 145 cm³/mol. The molecule has 1 aromatic carbocycles. The van der Waals surface area contributed by atoms with Gasteiger partial charge in [-0.15, -0.1) is 0 Å². The largest absolute Gasteiger partial charge is 0.501 e. The molecule has 2 fully saturated rings. The molecule has 2 bridgehead atoms. The van der Waals surface area contributed by atoms with E-state index >= 15 is 0 Å². The zero-order valence-electron chi connectivity index (χ0n) is 23.5. The van der Waals surface area contributed by atoms with Crippen molar-refractivity contribution < 1.29 is 28.6 Å². The molecule has 12 nitrogen and oxygen atoms in total. The number of hydrogen-bond acceptors (Lipinski definition) is 8. The molecule has 3 amide bonds. The lowest BCUT2D eigenvalue weighted by atomic mass is 9.72. The third-order valence-corrected chi connectivity index (χ3v) is 8.59. The summed E-state index contributed by atoms with van der Waals surface area (Å²) in [7, 11) is 2.94. The summed E-state index contributed by atoms with van der Waals surface area (Å²) in [4.78, 5) is 60.4. The number of morpholine rings is 1. The number of nitrogens with one attached hydrogen (secondary N) is 2. The quantitative estimate of drug-likeness (QED) is 0.438. The van der Waals surface area contributed by atoms with Gasteiger partial charge in [-0.3, -0.25) is 28.6 Å². The minimum absolute atomic E-state index is 0.0127. The van der Waals surface area contributed by atoms with Gasteiger partial charge in [0.2, 0.25) is 5.75 Å². The van der Waals surface area contributed by atoms with Crippen molar-refractivity contribution in [3.05, 3.63) is 57.0 Å². The highest BCUT2D eigenvalue weighted by Gasteiger charge is 2.54. The van der Waals surface area contributed by atoms with E-state index in [1.54, 1.807) is 13.0 Å². The second-order valence-electron chi connectivity index (χ2n) is 11.3. The van der Waals surface area contributed by atoms with E-state index in [9.17, 15) is 28.7 Å². The van der Waals surface area contributed by atoms with Crippen LogP contribution in [-0.4, -0.2) is 88.1 Å². The van der Waals surface area contributed by atoms with Crippen molar-refractivity contribution in [2.45, 2.75) is 56.8 Å². The number of amides is 3. The zero-order valence-corrected chi connectivity index (χ0v) is 23.5. The van der Waals surface area contributed by atoms with E-state index in [0.717, 1.165) is 4.90 Å². The van der Waals surface area contributed by atoms with E-state index in [0.29, 0.717) is 63.1 Å². The van der Waals surface area contributed by atoms with Crippen molar-refractivity contribution in [3.8, 4) is 5.75 Å². The summed E-state index contributed by atoms with van der Waals surface area (Å²) in [5, 5.41) is 16.4. The number of carbonyl (C=O) groups excluding carboxylic acids is 3. The van der Waals surface area contributed by atoms with E-state index in [-0.39, 0.29) is 24.7 Å². The molecule has 4 heterocycles. The molecule has 1 aromatic heterocycles. The Labute approximate surface area is 236 Å². The molecule has 1 saturated heterocycles. The van der Waals surface area contributed by atoms with Crippen LogP contribution in [0.5, 0.6) is 5.75 Å². The Morgan fingerprint density at radius 2 is 1.83 bits per heavy atom. The number of rotatable bonds is 5. The summed E-state index contributed by atoms with van der Waals surface area (Å²) >= 11 is 0. The molecule has 4 aliphatic rings. The monoisotopic (exact) mass is 570 g/mol. The molecule has 0 radical (unpaired) electrons. The SMILES string of the molecule is Cc1cc(CNC(=O)c2nc3n(c(=O)c2O)CC2(N4CCOCC4)CCC3(NC(=O)C(=O)N(C)C)CC2)ccc1F. The number of ether oxygens (including phenoxy) is 1. The highest BCUT2D eigenvalue weighted by molar-refractivity contribution is 6.35. The topological polar surface area (TPSA) is 146 Å². The van der Waals surface area contributed by atoms with Gasteiger partial charge in [-0.25, -0.2) is 9.37 Å². The van der Waals surface area contributed by atoms with Crippen molar-refractivity contribution in [3.63, 3.8) is 0 Å². The Kier molecular flexibility index (Phi) is 7.60. The highest BCUT2D eigenvalue weighted by atomic mass is 19.1. The van der Waals surface area contributed by atoms with Gasteiger partial charge in [0.15, 0.2) is 5.69 Å². The molecular formula is C28H35FN6O6. The maximum absolute atomic E-state index is 13.7. The second-order valence-corrected chi connectivity index (χ2v) is 11.3. The number of aromatic nitrogens is 2. The van der Waals surface area contributed by atoms with Gasteiger partial charge in [0, 0.05) is 45.8 Å². The first-order valence-corrected chi connectivity index (χ1v) is 13.7. The number of nitrogens with zero attached hydrogens (tertiary/aromatic N) is 4. The number of benzene rings is 1. The number of fused-ring (bicyclic) bond motifs is 2. The van der Waals surface area contributed by atoms with Crippen molar-refractivity contribution in [2.75, 3.05) is 40.4 Å². The van der Waals surface area contributed by atoms with Gasteiger partial charge in [0.05, 0.1) is 18.8 Å². The summed E-state index contributed by atoms with van der Waals surface area (Å²) in [5.74, 6) is -3.43. The molecule has 13 heteroatoms. The molecule has 0 spiro atoms. The highest BCUT2D eigenvalue weighted by Crippen LogP contribution is 2.47. The fourth-order valence-electron chi connectivity index (χ4n) is 6.22. The molecule has 0 atom stereocenters. The average molecular weight is 571 g/mol. The Balaban J connectivity index is 1.54. The van der Waals surface area contributed by atoms with Crippen LogP contribution in [0.2, 0.25) is 0 Å². The first kappa shape index (κ1) is 28.7. The first-order chi connectivity index (χ1) is 19.5. The van der Waals surface area contributed by atoms with Crippen molar-refractivity contribution in [2.24, 2.45) is 0 Å². The number of aryl methyl sites for hydroxylation is 1. The Hall–Kier alpha value is -3.84. The Morgan fingerprint density at radius 3 is 2.46 bits per heavy atom. The normalized spacial score (nSPS) is 23.8. The fourth-order valence-corrected chi connectivity index (χ4v) is 6.22. The lowest BCUT2D eigenvalue weighted by Gasteiger charge is -2.49. The van der Waals surface area contributed by atoms with Crippen molar-refractivity contribution in [1.29, 1.82) is 0 Å². The minimum atomic E-state index is -1.20. The van der Waals surface area contributed by atoms with Crippen molar-refractivity contribution in [1.82, 2.24) is 30.0 Å². The van der Waals surface area contributed by atoms with Gasteiger partial charge in [-0.05, 0) is 49.8 Å². The maximum atomic E-state index is 13.7. The first-order valence-electron chi connectivity index (χ1n) is 13.7. The van der Waals surface area contributed by atoms with Crippen LogP contribution in [0.15, 0.2) is 23.0 Å². The second kappa shape index (κ2) is 10.9. The number of carbonyl (C=O) groups is 3. The van der Waals surface area contributed by atoms with E-state index < -0.39 is 45.8 Å². The van der Waals surface area contributed by atoms with Crippen LogP contribution in [0, 0.1) is 12.7 Å². The number of likely N-dealkylation sites (N-methyl/N-ethyl adjacent to an activating group) is 1. The summed E-state index contributed by atoms with van der Waals surface area (Å²) < 4.78 is 20.6. The average Bonchev–Trinajstić information content (AvgIpc) is 3.19. The fraction of sp³-hybridized carbons (Fsp3) is 0.536.